The molecule has 0 unspecified atom stereocenters. The van der Waals surface area contributed by atoms with Crippen molar-refractivity contribution in [1.82, 2.24) is 4.90 Å². The fourth-order valence-electron chi connectivity index (χ4n) is 2.43. The van der Waals surface area contributed by atoms with E-state index in [1.165, 1.54) is 6.07 Å². The summed E-state index contributed by atoms with van der Waals surface area (Å²) in [5.74, 6) is 0. The Kier molecular flexibility index (Phi) is 4.89. The third-order valence-corrected chi connectivity index (χ3v) is 3.55. The van der Waals surface area contributed by atoms with E-state index in [0.717, 1.165) is 13.1 Å². The second-order valence-corrected chi connectivity index (χ2v) is 4.79. The Labute approximate surface area is 117 Å². The van der Waals surface area contributed by atoms with Crippen LogP contribution in [0.5, 0.6) is 0 Å². The third-order valence-electron chi connectivity index (χ3n) is 3.55. The van der Waals surface area contributed by atoms with E-state index in [9.17, 15) is 10.1 Å². The molecule has 2 rings (SSSR count). The number of rotatable bonds is 5. The van der Waals surface area contributed by atoms with Crippen molar-refractivity contribution < 1.29 is 15.1 Å². The van der Waals surface area contributed by atoms with Crippen LogP contribution in [-0.4, -0.2) is 59.4 Å². The topological polar surface area (TPSA) is 90.1 Å². The monoisotopic (exact) mass is 281 g/mol. The van der Waals surface area contributed by atoms with Crippen LogP contribution in [0.3, 0.4) is 0 Å². The minimum atomic E-state index is -0.408. The number of nitrogens with zero attached hydrogens (tertiary/aromatic N) is 3. The van der Waals surface area contributed by atoms with Gasteiger partial charge in [-0.15, -0.1) is 0 Å². The van der Waals surface area contributed by atoms with Gasteiger partial charge in [0, 0.05) is 38.8 Å². The van der Waals surface area contributed by atoms with Crippen molar-refractivity contribution >= 4 is 11.4 Å². The van der Waals surface area contributed by atoms with Crippen LogP contribution in [0.1, 0.15) is 5.56 Å². The van der Waals surface area contributed by atoms with Crippen LogP contribution in [0.4, 0.5) is 11.4 Å². The van der Waals surface area contributed by atoms with E-state index < -0.39 is 4.92 Å². The highest BCUT2D eigenvalue weighted by Gasteiger charge is 2.23. The molecule has 1 aliphatic heterocycles. The molecular weight excluding hydrogens is 262 g/mol. The first-order valence-electron chi connectivity index (χ1n) is 6.62. The second kappa shape index (κ2) is 6.65. The highest BCUT2D eigenvalue weighted by atomic mass is 16.6. The minimum absolute atomic E-state index is 0.0344. The quantitative estimate of drug-likeness (QED) is 0.592. The van der Waals surface area contributed by atoms with E-state index in [1.807, 2.05) is 4.90 Å². The molecule has 0 atom stereocenters. The number of benzene rings is 1. The average molecular weight is 281 g/mol. The number of hydrogen-bond acceptors (Lipinski definition) is 6. The van der Waals surface area contributed by atoms with Crippen LogP contribution in [0.2, 0.25) is 0 Å². The molecule has 7 nitrogen and oxygen atoms in total. The lowest BCUT2D eigenvalue weighted by atomic mass is 10.1. The highest BCUT2D eigenvalue weighted by molar-refractivity contribution is 5.64. The van der Waals surface area contributed by atoms with Gasteiger partial charge >= 0.3 is 0 Å². The molecule has 0 aromatic heterocycles. The van der Waals surface area contributed by atoms with Gasteiger partial charge in [-0.1, -0.05) is 6.07 Å². The molecule has 0 spiro atoms. The Bertz CT molecular complexity index is 473. The smallest absolute Gasteiger partial charge is 0.292 e. The molecule has 0 saturated carbocycles. The SMILES string of the molecule is O=[N+]([O-])c1cc(CO)ccc1N1CCN(CCO)CC1. The number of aliphatic hydroxyl groups is 2. The number of aliphatic hydroxyl groups excluding tert-OH is 2. The molecule has 110 valence electrons. The minimum Gasteiger partial charge on any atom is -0.395 e. The number of piperazine rings is 1. The van der Waals surface area contributed by atoms with Crippen LogP contribution >= 0.6 is 0 Å². The van der Waals surface area contributed by atoms with Gasteiger partial charge in [-0.2, -0.15) is 0 Å². The molecule has 1 heterocycles. The summed E-state index contributed by atoms with van der Waals surface area (Å²) >= 11 is 0. The van der Waals surface area contributed by atoms with Gasteiger partial charge in [-0.25, -0.2) is 0 Å². The van der Waals surface area contributed by atoms with Crippen LogP contribution in [-0.2, 0) is 6.61 Å². The van der Waals surface area contributed by atoms with Gasteiger partial charge in [0.15, 0.2) is 0 Å². The lowest BCUT2D eigenvalue weighted by molar-refractivity contribution is -0.384. The first-order valence-corrected chi connectivity index (χ1v) is 6.62. The van der Waals surface area contributed by atoms with E-state index in [1.54, 1.807) is 12.1 Å². The summed E-state index contributed by atoms with van der Waals surface area (Å²) in [7, 11) is 0. The molecule has 7 heteroatoms. The second-order valence-electron chi connectivity index (χ2n) is 4.79. The lowest BCUT2D eigenvalue weighted by Crippen LogP contribution is -2.47. The molecule has 1 aliphatic rings. The Balaban J connectivity index is 2.15. The normalized spacial score (nSPS) is 16.4. The Morgan fingerprint density at radius 1 is 1.20 bits per heavy atom. The number of nitro groups is 1. The molecule has 0 radical (unpaired) electrons. The van der Waals surface area contributed by atoms with Crippen LogP contribution in [0, 0.1) is 10.1 Å². The summed E-state index contributed by atoms with van der Waals surface area (Å²) in [6, 6.07) is 4.84. The van der Waals surface area contributed by atoms with E-state index in [4.69, 9.17) is 10.2 Å². The average Bonchev–Trinajstić information content (AvgIpc) is 2.48. The summed E-state index contributed by atoms with van der Waals surface area (Å²) in [5.41, 5.74) is 1.17. The molecule has 0 bridgehead atoms. The van der Waals surface area contributed by atoms with Gasteiger partial charge < -0.3 is 15.1 Å². The lowest BCUT2D eigenvalue weighted by Gasteiger charge is -2.35. The molecule has 1 saturated heterocycles. The van der Waals surface area contributed by atoms with Gasteiger partial charge in [-0.05, 0) is 11.6 Å². The maximum Gasteiger partial charge on any atom is 0.292 e. The predicted octanol–water partition coefficient (Wildman–Crippen LogP) is 0.201. The third kappa shape index (κ3) is 3.24. The molecule has 1 aromatic rings. The maximum absolute atomic E-state index is 11.2. The first kappa shape index (κ1) is 14.7. The Hall–Kier alpha value is -1.70. The van der Waals surface area contributed by atoms with Gasteiger partial charge in [0.25, 0.3) is 5.69 Å². The Morgan fingerprint density at radius 2 is 1.90 bits per heavy atom. The summed E-state index contributed by atoms with van der Waals surface area (Å²) in [6.45, 7) is 3.51. The van der Waals surface area contributed by atoms with E-state index in [-0.39, 0.29) is 18.9 Å². The van der Waals surface area contributed by atoms with Gasteiger partial charge in [-0.3, -0.25) is 15.0 Å². The summed E-state index contributed by atoms with van der Waals surface area (Å²) in [6.07, 6.45) is 0. The fourth-order valence-corrected chi connectivity index (χ4v) is 2.43. The number of β-amino-alcohol motifs (C(OH)–C–C–N with tert-alkyl or cyclic N) is 1. The van der Waals surface area contributed by atoms with Gasteiger partial charge in [0.1, 0.15) is 5.69 Å². The van der Waals surface area contributed by atoms with Crippen molar-refractivity contribution in [2.45, 2.75) is 6.61 Å². The van der Waals surface area contributed by atoms with Crippen molar-refractivity contribution in [3.8, 4) is 0 Å². The van der Waals surface area contributed by atoms with Crippen molar-refractivity contribution in [3.63, 3.8) is 0 Å². The van der Waals surface area contributed by atoms with E-state index in [0.29, 0.717) is 30.9 Å². The molecule has 20 heavy (non-hydrogen) atoms. The highest BCUT2D eigenvalue weighted by Crippen LogP contribution is 2.30. The zero-order valence-electron chi connectivity index (χ0n) is 11.2. The van der Waals surface area contributed by atoms with Crippen LogP contribution < -0.4 is 4.90 Å². The molecule has 1 fully saturated rings. The van der Waals surface area contributed by atoms with Crippen LogP contribution in [0.15, 0.2) is 18.2 Å². The van der Waals surface area contributed by atoms with Crippen molar-refractivity contribution in [2.75, 3.05) is 44.2 Å². The molecule has 1 aromatic carbocycles. The van der Waals surface area contributed by atoms with E-state index >= 15 is 0 Å². The zero-order chi connectivity index (χ0) is 14.5. The summed E-state index contributed by atoms with van der Waals surface area (Å²) in [5, 5.41) is 29.1. The summed E-state index contributed by atoms with van der Waals surface area (Å²) in [4.78, 5) is 14.9. The molecule has 0 amide bonds. The summed E-state index contributed by atoms with van der Waals surface area (Å²) < 4.78 is 0. The fraction of sp³-hybridized carbons (Fsp3) is 0.538. The number of hydrogen-bond donors (Lipinski definition) is 2. The molecular formula is C13H19N3O4. The number of anilines is 1. The van der Waals surface area contributed by atoms with Crippen molar-refractivity contribution in [3.05, 3.63) is 33.9 Å². The number of nitro benzene ring substituents is 1. The van der Waals surface area contributed by atoms with Crippen LogP contribution in [0.25, 0.3) is 0 Å². The van der Waals surface area contributed by atoms with Crippen molar-refractivity contribution in [2.24, 2.45) is 0 Å². The zero-order valence-corrected chi connectivity index (χ0v) is 11.2. The molecule has 0 aliphatic carbocycles. The molecule has 2 N–H and O–H groups in total. The predicted molar refractivity (Wildman–Crippen MR) is 74.8 cm³/mol. The standard InChI is InChI=1S/C13H19N3O4/c17-8-7-14-3-5-15(6-4-14)12-2-1-11(10-18)9-13(12)16(19)20/h1-2,9,17-18H,3-8,10H2. The van der Waals surface area contributed by atoms with Crippen molar-refractivity contribution in [1.29, 1.82) is 0 Å². The van der Waals surface area contributed by atoms with Gasteiger partial charge in [0.05, 0.1) is 18.1 Å². The van der Waals surface area contributed by atoms with Gasteiger partial charge in [0.2, 0.25) is 0 Å². The first-order chi connectivity index (χ1) is 9.65. The largest absolute Gasteiger partial charge is 0.395 e. The van der Waals surface area contributed by atoms with E-state index in [2.05, 4.69) is 4.90 Å². The maximum atomic E-state index is 11.2. The Morgan fingerprint density at radius 3 is 2.45 bits per heavy atom.